The summed E-state index contributed by atoms with van der Waals surface area (Å²) in [5.41, 5.74) is 0.812. The Kier molecular flexibility index (Phi) is 3.02. The number of anilines is 1. The highest BCUT2D eigenvalue weighted by Gasteiger charge is 2.28. The Morgan fingerprint density at radius 2 is 2.20 bits per heavy atom. The number of hydrogen-bond acceptors (Lipinski definition) is 2. The summed E-state index contributed by atoms with van der Waals surface area (Å²) in [7, 11) is 0. The van der Waals surface area contributed by atoms with E-state index in [4.69, 9.17) is 0 Å². The summed E-state index contributed by atoms with van der Waals surface area (Å²) in [6.07, 6.45) is 0.526. The van der Waals surface area contributed by atoms with Crippen LogP contribution in [0.3, 0.4) is 0 Å². The lowest BCUT2D eigenvalue weighted by atomic mass is 10.3. The van der Waals surface area contributed by atoms with Gasteiger partial charge in [-0.1, -0.05) is 15.9 Å². The van der Waals surface area contributed by atoms with E-state index in [0.29, 0.717) is 17.4 Å². The van der Waals surface area contributed by atoms with Gasteiger partial charge >= 0.3 is 0 Å². The lowest BCUT2D eigenvalue weighted by molar-refractivity contribution is -0.117. The minimum atomic E-state index is 0.106. The largest absolute Gasteiger partial charge is 0.507 e. The number of nitrogens with zero attached hydrogens (tertiary/aromatic N) is 1. The molecule has 1 saturated heterocycles. The second-order valence-corrected chi connectivity index (χ2v) is 5.59. The van der Waals surface area contributed by atoms with Crippen LogP contribution in [-0.2, 0) is 4.79 Å². The maximum absolute atomic E-state index is 11.6. The maximum atomic E-state index is 11.6. The second kappa shape index (κ2) is 4.14. The van der Waals surface area contributed by atoms with Gasteiger partial charge in [-0.3, -0.25) is 4.79 Å². The number of halogens is 2. The molecule has 80 valence electrons. The molecule has 0 aliphatic carbocycles. The van der Waals surface area contributed by atoms with Gasteiger partial charge in [0, 0.05) is 23.5 Å². The molecular formula is C10H9Br2NO2. The van der Waals surface area contributed by atoms with Crippen LogP contribution in [0.5, 0.6) is 5.75 Å². The van der Waals surface area contributed by atoms with E-state index >= 15 is 0 Å². The lowest BCUT2D eigenvalue weighted by Gasteiger charge is -2.16. The van der Waals surface area contributed by atoms with Crippen LogP contribution in [0.4, 0.5) is 5.69 Å². The van der Waals surface area contributed by atoms with Crippen molar-refractivity contribution in [2.75, 3.05) is 11.4 Å². The fourth-order valence-corrected chi connectivity index (χ4v) is 2.51. The Morgan fingerprint density at radius 3 is 2.73 bits per heavy atom. The monoisotopic (exact) mass is 333 g/mol. The van der Waals surface area contributed by atoms with Gasteiger partial charge in [0.15, 0.2) is 0 Å². The molecule has 5 heteroatoms. The van der Waals surface area contributed by atoms with Crippen molar-refractivity contribution in [1.82, 2.24) is 0 Å². The van der Waals surface area contributed by atoms with Gasteiger partial charge in [0.1, 0.15) is 5.75 Å². The van der Waals surface area contributed by atoms with E-state index < -0.39 is 0 Å². The van der Waals surface area contributed by atoms with Crippen LogP contribution in [0.25, 0.3) is 0 Å². The maximum Gasteiger partial charge on any atom is 0.228 e. The van der Waals surface area contributed by atoms with Crippen LogP contribution in [0.2, 0.25) is 0 Å². The van der Waals surface area contributed by atoms with E-state index in [0.717, 1.165) is 5.69 Å². The Balaban J connectivity index is 2.30. The molecule has 2 rings (SSSR count). The number of rotatable bonds is 1. The molecule has 1 N–H and O–H groups in total. The normalized spacial score (nSPS) is 21.1. The molecule has 0 saturated carbocycles. The molecule has 0 aromatic heterocycles. The molecule has 1 aromatic carbocycles. The molecule has 0 radical (unpaired) electrons. The van der Waals surface area contributed by atoms with Crippen molar-refractivity contribution in [3.63, 3.8) is 0 Å². The minimum Gasteiger partial charge on any atom is -0.507 e. The van der Waals surface area contributed by atoms with E-state index in [1.807, 2.05) is 0 Å². The average molecular weight is 335 g/mol. The first kappa shape index (κ1) is 11.0. The molecule has 3 nitrogen and oxygen atoms in total. The Morgan fingerprint density at radius 1 is 1.47 bits per heavy atom. The molecule has 0 bridgehead atoms. The van der Waals surface area contributed by atoms with E-state index in [2.05, 4.69) is 31.9 Å². The first-order chi connectivity index (χ1) is 7.08. The highest BCUT2D eigenvalue weighted by Crippen LogP contribution is 2.31. The zero-order valence-corrected chi connectivity index (χ0v) is 11.0. The Labute approximate surface area is 104 Å². The summed E-state index contributed by atoms with van der Waals surface area (Å²) < 4.78 is 0.603. The lowest BCUT2D eigenvalue weighted by Crippen LogP contribution is -2.24. The van der Waals surface area contributed by atoms with Gasteiger partial charge in [0.2, 0.25) is 5.91 Å². The molecule has 15 heavy (non-hydrogen) atoms. The van der Waals surface area contributed by atoms with Crippen molar-refractivity contribution in [1.29, 1.82) is 0 Å². The number of phenols is 1. The van der Waals surface area contributed by atoms with Crippen molar-refractivity contribution < 1.29 is 9.90 Å². The predicted molar refractivity (Wildman–Crippen MR) is 65.5 cm³/mol. The summed E-state index contributed by atoms with van der Waals surface area (Å²) in [5.74, 6) is 0.287. The summed E-state index contributed by atoms with van der Waals surface area (Å²) in [5, 5.41) is 9.34. The third-order valence-electron chi connectivity index (χ3n) is 2.32. The second-order valence-electron chi connectivity index (χ2n) is 3.44. The Hall–Kier alpha value is -0.550. The van der Waals surface area contributed by atoms with Gasteiger partial charge in [-0.2, -0.15) is 0 Å². The number of carbonyl (C=O) groups excluding carboxylic acids is 1. The number of amides is 1. The van der Waals surface area contributed by atoms with Crippen LogP contribution in [-0.4, -0.2) is 22.4 Å². The van der Waals surface area contributed by atoms with Crippen molar-refractivity contribution in [2.45, 2.75) is 11.2 Å². The van der Waals surface area contributed by atoms with Gasteiger partial charge < -0.3 is 10.0 Å². The zero-order valence-electron chi connectivity index (χ0n) is 7.78. The van der Waals surface area contributed by atoms with Gasteiger partial charge in [-0.15, -0.1) is 0 Å². The molecule has 1 aliphatic rings. The highest BCUT2D eigenvalue weighted by atomic mass is 79.9. The SMILES string of the molecule is O=C1CC(Br)CN1c1ccc(O)c(Br)c1. The topological polar surface area (TPSA) is 40.5 Å². The van der Waals surface area contributed by atoms with Crippen LogP contribution >= 0.6 is 31.9 Å². The van der Waals surface area contributed by atoms with Crippen LogP contribution in [0.1, 0.15) is 6.42 Å². The highest BCUT2D eigenvalue weighted by molar-refractivity contribution is 9.10. The van der Waals surface area contributed by atoms with Crippen LogP contribution in [0.15, 0.2) is 22.7 Å². The van der Waals surface area contributed by atoms with Crippen molar-refractivity contribution in [2.24, 2.45) is 0 Å². The number of carbonyl (C=O) groups is 1. The van der Waals surface area contributed by atoms with E-state index in [-0.39, 0.29) is 16.5 Å². The molecule has 1 aliphatic heterocycles. The molecule has 1 aromatic rings. The van der Waals surface area contributed by atoms with E-state index in [1.54, 1.807) is 23.1 Å². The molecule has 1 amide bonds. The first-order valence-electron chi connectivity index (χ1n) is 4.51. The molecule has 1 fully saturated rings. The third-order valence-corrected chi connectivity index (χ3v) is 3.57. The van der Waals surface area contributed by atoms with Gasteiger partial charge in [-0.05, 0) is 34.1 Å². The smallest absolute Gasteiger partial charge is 0.228 e. The fraction of sp³-hybridized carbons (Fsp3) is 0.300. The molecule has 0 spiro atoms. The zero-order chi connectivity index (χ0) is 11.0. The molecular weight excluding hydrogens is 326 g/mol. The number of aromatic hydroxyl groups is 1. The van der Waals surface area contributed by atoms with Crippen LogP contribution in [0, 0.1) is 0 Å². The standard InChI is InChI=1S/C10H9Br2NO2/c11-6-3-10(15)13(5-6)7-1-2-9(14)8(12)4-7/h1-2,4,6,14H,3,5H2. The molecule has 1 atom stereocenters. The predicted octanol–water partition coefficient (Wildman–Crippen LogP) is 2.65. The summed E-state index contributed by atoms with van der Waals surface area (Å²) in [4.78, 5) is 13.5. The number of phenolic OH excluding ortho intramolecular Hbond substituents is 1. The van der Waals surface area contributed by atoms with Crippen LogP contribution < -0.4 is 4.90 Å². The number of hydrogen-bond donors (Lipinski definition) is 1. The molecule has 1 heterocycles. The fourth-order valence-electron chi connectivity index (χ4n) is 1.58. The summed E-state index contributed by atoms with van der Waals surface area (Å²) in [6.45, 7) is 0.677. The van der Waals surface area contributed by atoms with E-state index in [1.165, 1.54) is 0 Å². The van der Waals surface area contributed by atoms with Gasteiger partial charge in [0.05, 0.1) is 4.47 Å². The summed E-state index contributed by atoms with van der Waals surface area (Å²) >= 11 is 6.65. The van der Waals surface area contributed by atoms with Crippen molar-refractivity contribution in [3.05, 3.63) is 22.7 Å². The summed E-state index contributed by atoms with van der Waals surface area (Å²) in [6, 6.07) is 5.07. The number of benzene rings is 1. The quantitative estimate of drug-likeness (QED) is 0.802. The first-order valence-corrected chi connectivity index (χ1v) is 6.22. The Bertz CT molecular complexity index is 408. The van der Waals surface area contributed by atoms with Gasteiger partial charge in [-0.25, -0.2) is 0 Å². The minimum absolute atomic E-state index is 0.106. The average Bonchev–Trinajstić information content (AvgIpc) is 2.50. The number of alkyl halides is 1. The van der Waals surface area contributed by atoms with Gasteiger partial charge in [0.25, 0.3) is 0 Å². The van der Waals surface area contributed by atoms with E-state index in [9.17, 15) is 9.90 Å². The van der Waals surface area contributed by atoms with Crippen molar-refractivity contribution >= 4 is 43.5 Å². The third kappa shape index (κ3) is 2.18. The van der Waals surface area contributed by atoms with Crippen molar-refractivity contribution in [3.8, 4) is 5.75 Å². The molecule has 1 unspecified atom stereocenters.